The molecule has 0 fully saturated rings. The quantitative estimate of drug-likeness (QED) is 0.468. The van der Waals surface area contributed by atoms with Crippen molar-refractivity contribution in [2.24, 2.45) is 0 Å². The van der Waals surface area contributed by atoms with Gasteiger partial charge in [0.05, 0.1) is 0 Å². The minimum absolute atomic E-state index is 0.212. The highest BCUT2D eigenvalue weighted by atomic mass is 16.2. The molecule has 0 aliphatic carbocycles. The lowest BCUT2D eigenvalue weighted by Gasteiger charge is -1.99. The fraction of sp³-hybridized carbons (Fsp3) is 0.600. The minimum atomic E-state index is 0.212. The van der Waals surface area contributed by atoms with Gasteiger partial charge in [-0.15, -0.1) is 0 Å². The van der Waals surface area contributed by atoms with Gasteiger partial charge in [-0.25, -0.2) is 0 Å². The molecule has 1 N–H and O–H groups in total. The molecule has 0 aromatic heterocycles. The molecule has 1 heteroatoms. The Kier molecular flexibility index (Phi) is 10.6. The number of rotatable bonds is 10. The maximum atomic E-state index is 8.87. The number of aliphatic hydroxyl groups is 1. The monoisotopic (exact) mass is 286 g/mol. The molecule has 0 heterocycles. The van der Waals surface area contributed by atoms with Gasteiger partial charge in [-0.1, -0.05) is 75.8 Å². The molecule has 0 bridgehead atoms. The van der Waals surface area contributed by atoms with Gasteiger partial charge in [-0.05, 0) is 30.5 Å². The lowest BCUT2D eigenvalue weighted by Crippen LogP contribution is -1.89. The van der Waals surface area contributed by atoms with Gasteiger partial charge >= 0.3 is 0 Å². The second-order valence-electron chi connectivity index (χ2n) is 5.70. The van der Waals surface area contributed by atoms with E-state index in [0.29, 0.717) is 0 Å². The Hall–Kier alpha value is -1.26. The fourth-order valence-corrected chi connectivity index (χ4v) is 2.40. The summed E-state index contributed by atoms with van der Waals surface area (Å²) in [7, 11) is 0. The maximum absolute atomic E-state index is 8.87. The Bertz CT molecular complexity index is 408. The van der Waals surface area contributed by atoms with Crippen molar-refractivity contribution < 1.29 is 5.11 Å². The summed E-state index contributed by atoms with van der Waals surface area (Å²) < 4.78 is 0. The Morgan fingerprint density at radius 2 is 1.48 bits per heavy atom. The predicted molar refractivity (Wildman–Crippen MR) is 91.3 cm³/mol. The van der Waals surface area contributed by atoms with Crippen molar-refractivity contribution in [3.05, 3.63) is 35.4 Å². The third-order valence-electron chi connectivity index (χ3n) is 3.74. The third kappa shape index (κ3) is 9.32. The number of aliphatic hydroxyl groups excluding tert-OH is 1. The van der Waals surface area contributed by atoms with Gasteiger partial charge in [-0.3, -0.25) is 0 Å². The van der Waals surface area contributed by atoms with Gasteiger partial charge in [0.2, 0.25) is 0 Å². The van der Waals surface area contributed by atoms with Crippen LogP contribution in [0, 0.1) is 11.8 Å². The summed E-state index contributed by atoms with van der Waals surface area (Å²) in [4.78, 5) is 0. The van der Waals surface area contributed by atoms with Crippen LogP contribution in [0.4, 0.5) is 0 Å². The largest absolute Gasteiger partial charge is 0.396 e. The van der Waals surface area contributed by atoms with Crippen LogP contribution in [0.2, 0.25) is 0 Å². The number of unbranched alkanes of at least 4 members (excludes halogenated alkanes) is 8. The van der Waals surface area contributed by atoms with Crippen molar-refractivity contribution in [1.82, 2.24) is 0 Å². The summed E-state index contributed by atoms with van der Waals surface area (Å²) in [6.45, 7) is 2.47. The van der Waals surface area contributed by atoms with Crippen LogP contribution < -0.4 is 0 Å². The van der Waals surface area contributed by atoms with Gasteiger partial charge < -0.3 is 5.11 Å². The first kappa shape index (κ1) is 17.8. The third-order valence-corrected chi connectivity index (χ3v) is 3.74. The molecule has 0 unspecified atom stereocenters. The van der Waals surface area contributed by atoms with Crippen molar-refractivity contribution in [1.29, 1.82) is 0 Å². The zero-order chi connectivity index (χ0) is 15.2. The summed E-state index contributed by atoms with van der Waals surface area (Å²) in [6, 6.07) is 8.20. The molecule has 1 aromatic carbocycles. The van der Waals surface area contributed by atoms with E-state index in [4.69, 9.17) is 5.11 Å². The minimum Gasteiger partial charge on any atom is -0.396 e. The summed E-state index contributed by atoms with van der Waals surface area (Å²) >= 11 is 0. The van der Waals surface area contributed by atoms with E-state index in [9.17, 15) is 0 Å². The van der Waals surface area contributed by atoms with E-state index >= 15 is 0 Å². The first-order valence-corrected chi connectivity index (χ1v) is 8.55. The van der Waals surface area contributed by atoms with E-state index < -0.39 is 0 Å². The van der Waals surface area contributed by atoms with Crippen LogP contribution in [-0.4, -0.2) is 11.7 Å². The Morgan fingerprint density at radius 3 is 2.10 bits per heavy atom. The SMILES string of the molecule is CCCCCCCCCCC#Cc1ccc(CCO)cc1. The predicted octanol–water partition coefficient (Wildman–Crippen LogP) is 5.10. The smallest absolute Gasteiger partial charge is 0.0471 e. The van der Waals surface area contributed by atoms with E-state index in [1.54, 1.807) is 0 Å². The van der Waals surface area contributed by atoms with Gasteiger partial charge in [0.1, 0.15) is 0 Å². The van der Waals surface area contributed by atoms with Gasteiger partial charge in [0.15, 0.2) is 0 Å². The second kappa shape index (κ2) is 12.5. The molecule has 0 spiro atoms. The highest BCUT2D eigenvalue weighted by molar-refractivity contribution is 5.36. The number of benzene rings is 1. The molecule has 1 aromatic rings. The molecule has 21 heavy (non-hydrogen) atoms. The second-order valence-corrected chi connectivity index (χ2v) is 5.70. The Morgan fingerprint density at radius 1 is 0.857 bits per heavy atom. The highest BCUT2D eigenvalue weighted by Gasteiger charge is 1.92. The average Bonchev–Trinajstić information content (AvgIpc) is 2.51. The summed E-state index contributed by atoms with van der Waals surface area (Å²) in [5, 5.41) is 8.87. The molecule has 0 aliphatic heterocycles. The van der Waals surface area contributed by atoms with Crippen LogP contribution >= 0.6 is 0 Å². The van der Waals surface area contributed by atoms with Gasteiger partial charge in [0.25, 0.3) is 0 Å². The zero-order valence-corrected chi connectivity index (χ0v) is 13.5. The Balaban J connectivity index is 2.07. The van der Waals surface area contributed by atoms with Crippen LogP contribution in [0.25, 0.3) is 0 Å². The van der Waals surface area contributed by atoms with Crippen molar-refractivity contribution in [2.75, 3.05) is 6.61 Å². The van der Waals surface area contributed by atoms with Crippen LogP contribution in [-0.2, 0) is 6.42 Å². The van der Waals surface area contributed by atoms with Crippen molar-refractivity contribution >= 4 is 0 Å². The molecule has 1 rings (SSSR count). The normalized spacial score (nSPS) is 10.2. The molecule has 0 atom stereocenters. The van der Waals surface area contributed by atoms with E-state index in [2.05, 4.69) is 30.9 Å². The first-order valence-electron chi connectivity index (χ1n) is 8.55. The molecule has 0 aliphatic rings. The molecular formula is C20H30O. The average molecular weight is 286 g/mol. The fourth-order valence-electron chi connectivity index (χ4n) is 2.40. The molecule has 0 saturated heterocycles. The van der Waals surface area contributed by atoms with Crippen LogP contribution in [0.5, 0.6) is 0 Å². The zero-order valence-electron chi connectivity index (χ0n) is 13.5. The van der Waals surface area contributed by atoms with Crippen LogP contribution in [0.3, 0.4) is 0 Å². The van der Waals surface area contributed by atoms with Crippen molar-refractivity contribution in [3.8, 4) is 11.8 Å². The summed E-state index contributed by atoms with van der Waals surface area (Å²) in [6.07, 6.45) is 12.6. The number of hydrogen-bond acceptors (Lipinski definition) is 1. The van der Waals surface area contributed by atoms with Crippen LogP contribution in [0.15, 0.2) is 24.3 Å². The van der Waals surface area contributed by atoms with Gasteiger partial charge in [-0.2, -0.15) is 0 Å². The lowest BCUT2D eigenvalue weighted by atomic mass is 10.1. The summed E-state index contributed by atoms with van der Waals surface area (Å²) in [5.74, 6) is 6.49. The topological polar surface area (TPSA) is 20.2 Å². The first-order chi connectivity index (χ1) is 10.4. The van der Waals surface area contributed by atoms with E-state index in [-0.39, 0.29) is 6.61 Å². The Labute approximate surface area is 130 Å². The highest BCUT2D eigenvalue weighted by Crippen LogP contribution is 2.09. The molecule has 116 valence electrons. The lowest BCUT2D eigenvalue weighted by molar-refractivity contribution is 0.299. The standard InChI is InChI=1S/C20H30O/c1-2-3-4-5-6-7-8-9-10-11-12-19-13-15-20(16-14-19)17-18-21/h13-16,21H,2-10,17-18H2,1H3. The number of hydrogen-bond donors (Lipinski definition) is 1. The van der Waals surface area contributed by atoms with Gasteiger partial charge in [0, 0.05) is 18.6 Å². The molecule has 0 radical (unpaired) electrons. The maximum Gasteiger partial charge on any atom is 0.0471 e. The molecular weight excluding hydrogens is 256 g/mol. The molecule has 1 nitrogen and oxygen atoms in total. The van der Waals surface area contributed by atoms with E-state index in [1.807, 2.05) is 12.1 Å². The molecule has 0 saturated carbocycles. The van der Waals surface area contributed by atoms with Crippen LogP contribution in [0.1, 0.15) is 75.8 Å². The summed E-state index contributed by atoms with van der Waals surface area (Å²) in [5.41, 5.74) is 2.25. The molecule has 0 amide bonds. The van der Waals surface area contributed by atoms with E-state index in [1.165, 1.54) is 56.9 Å². The van der Waals surface area contributed by atoms with E-state index in [0.717, 1.165) is 18.4 Å². The van der Waals surface area contributed by atoms with Crippen molar-refractivity contribution in [2.45, 2.75) is 71.1 Å². The van der Waals surface area contributed by atoms with Crippen molar-refractivity contribution in [3.63, 3.8) is 0 Å².